The van der Waals surface area contributed by atoms with Crippen LogP contribution in [0.5, 0.6) is 11.5 Å². The number of benzene rings is 3. The number of halogens is 2. The fraction of sp³-hybridized carbons (Fsp3) is 0.345. The highest BCUT2D eigenvalue weighted by Crippen LogP contribution is 2.26. The maximum atomic E-state index is 13.1. The van der Waals surface area contributed by atoms with Crippen LogP contribution in [0.15, 0.2) is 77.7 Å². The van der Waals surface area contributed by atoms with E-state index < -0.39 is 22.6 Å². The highest BCUT2D eigenvalue weighted by Gasteiger charge is 2.30. The van der Waals surface area contributed by atoms with E-state index >= 15 is 0 Å². The molecule has 0 spiro atoms. The molecule has 3 aromatic carbocycles. The van der Waals surface area contributed by atoms with E-state index in [4.69, 9.17) is 14.2 Å². The van der Waals surface area contributed by atoms with Gasteiger partial charge in [0.1, 0.15) is 11.5 Å². The minimum atomic E-state index is -3.80. The highest BCUT2D eigenvalue weighted by atomic mass is 32.2. The summed E-state index contributed by atoms with van der Waals surface area (Å²) in [7, 11) is -0.869. The van der Waals surface area contributed by atoms with Crippen LogP contribution in [0.25, 0.3) is 0 Å². The summed E-state index contributed by atoms with van der Waals surface area (Å²) in [6.45, 7) is -0.700. The Hall–Kier alpha value is -3.58. The van der Waals surface area contributed by atoms with Crippen molar-refractivity contribution in [3.8, 4) is 11.5 Å². The number of piperazine rings is 1. The summed E-state index contributed by atoms with van der Waals surface area (Å²) in [5.74, 6) is 0.178. The maximum absolute atomic E-state index is 13.1. The van der Waals surface area contributed by atoms with Crippen LogP contribution in [0.3, 0.4) is 0 Å². The van der Waals surface area contributed by atoms with Crippen molar-refractivity contribution in [1.82, 2.24) is 9.21 Å². The number of hydrogen-bond acceptors (Lipinski definition) is 8. The molecule has 1 atom stereocenters. The largest absolute Gasteiger partial charge is 0.497 e. The first-order valence-electron chi connectivity index (χ1n) is 12.9. The van der Waals surface area contributed by atoms with E-state index in [0.29, 0.717) is 37.6 Å². The predicted molar refractivity (Wildman–Crippen MR) is 147 cm³/mol. The Balaban J connectivity index is 1.41. The number of sulfonamides is 1. The van der Waals surface area contributed by atoms with E-state index in [1.54, 1.807) is 19.2 Å². The minimum Gasteiger partial charge on any atom is -0.497 e. The molecule has 0 amide bonds. The minimum absolute atomic E-state index is 0.0170. The van der Waals surface area contributed by atoms with Crippen LogP contribution >= 0.6 is 0 Å². The second kappa shape index (κ2) is 13.9. The number of rotatable bonds is 12. The molecule has 220 valence electrons. The van der Waals surface area contributed by atoms with Gasteiger partial charge in [-0.1, -0.05) is 24.3 Å². The van der Waals surface area contributed by atoms with Crippen molar-refractivity contribution >= 4 is 16.0 Å². The lowest BCUT2D eigenvalue weighted by Crippen LogP contribution is -2.49. The van der Waals surface area contributed by atoms with Gasteiger partial charge in [0.05, 0.1) is 37.4 Å². The van der Waals surface area contributed by atoms with Crippen molar-refractivity contribution < 1.29 is 40.9 Å². The molecule has 1 saturated heterocycles. The van der Waals surface area contributed by atoms with Gasteiger partial charge in [-0.2, -0.15) is 13.1 Å². The van der Waals surface area contributed by atoms with Crippen LogP contribution < -0.4 is 9.47 Å². The van der Waals surface area contributed by atoms with Crippen LogP contribution in [0.4, 0.5) is 8.78 Å². The Bertz CT molecular complexity index is 1400. The number of ether oxygens (including phenoxy) is 4. The quantitative estimate of drug-likeness (QED) is 0.288. The van der Waals surface area contributed by atoms with E-state index in [2.05, 4.69) is 9.64 Å². The van der Waals surface area contributed by atoms with Gasteiger partial charge in [0.2, 0.25) is 10.0 Å². The molecule has 1 fully saturated rings. The number of esters is 1. The number of alkyl halides is 2. The molecule has 0 aliphatic carbocycles. The van der Waals surface area contributed by atoms with Crippen LogP contribution in [-0.2, 0) is 26.1 Å². The van der Waals surface area contributed by atoms with Crippen molar-refractivity contribution in [2.45, 2.75) is 24.2 Å². The second-order valence-corrected chi connectivity index (χ2v) is 11.3. The third-order valence-electron chi connectivity index (χ3n) is 6.73. The predicted octanol–water partition coefficient (Wildman–Crippen LogP) is 4.35. The van der Waals surface area contributed by atoms with Crippen molar-refractivity contribution in [2.24, 2.45) is 0 Å². The summed E-state index contributed by atoms with van der Waals surface area (Å²) in [5, 5.41) is 0. The van der Waals surface area contributed by atoms with Gasteiger partial charge in [-0.3, -0.25) is 4.90 Å². The summed E-state index contributed by atoms with van der Waals surface area (Å²) >= 11 is 0. The monoisotopic (exact) mass is 590 g/mol. The SMILES string of the molecule is COC(=O)c1ccc(CO[C@@H](CN2CCN(S(=O)(=O)c3ccc(OC(F)F)cc3)CC2)c2cccc(OC)c2)cc1. The maximum Gasteiger partial charge on any atom is 0.387 e. The van der Waals surface area contributed by atoms with Gasteiger partial charge in [-0.05, 0) is 59.7 Å². The number of carbonyl (C=O) groups excluding carboxylic acids is 1. The lowest BCUT2D eigenvalue weighted by atomic mass is 10.1. The zero-order valence-corrected chi connectivity index (χ0v) is 23.6. The lowest BCUT2D eigenvalue weighted by Gasteiger charge is -2.36. The first-order chi connectivity index (χ1) is 19.7. The number of hydrogen-bond donors (Lipinski definition) is 0. The van der Waals surface area contributed by atoms with Crippen LogP contribution in [0.1, 0.15) is 27.6 Å². The van der Waals surface area contributed by atoms with Crippen molar-refractivity contribution in [2.75, 3.05) is 46.9 Å². The second-order valence-electron chi connectivity index (χ2n) is 9.32. The zero-order chi connectivity index (χ0) is 29.4. The molecule has 4 rings (SSSR count). The molecular weight excluding hydrogens is 558 g/mol. The average Bonchev–Trinajstić information content (AvgIpc) is 2.99. The Labute approximate surface area is 238 Å². The van der Waals surface area contributed by atoms with Gasteiger partial charge in [-0.15, -0.1) is 0 Å². The summed E-state index contributed by atoms with van der Waals surface area (Å²) in [5.41, 5.74) is 2.24. The molecule has 0 saturated carbocycles. The molecule has 1 heterocycles. The van der Waals surface area contributed by atoms with Gasteiger partial charge < -0.3 is 18.9 Å². The van der Waals surface area contributed by atoms with E-state index in [1.165, 1.54) is 35.7 Å². The average molecular weight is 591 g/mol. The van der Waals surface area contributed by atoms with E-state index in [1.807, 2.05) is 36.4 Å². The Kier molecular flexibility index (Phi) is 10.3. The standard InChI is InChI=1S/C29H32F2N2O7S/c1-37-25-5-3-4-23(18-25)27(39-20-21-6-8-22(9-7-21)28(34)38-2)19-32-14-16-33(17-15-32)41(35,36)26-12-10-24(11-13-26)40-29(30)31/h3-13,18,27,29H,14-17,19-20H2,1-2H3/t27-/m0/s1. The fourth-order valence-corrected chi connectivity index (χ4v) is 5.90. The molecular formula is C29H32F2N2O7S. The Morgan fingerprint density at radius 2 is 1.59 bits per heavy atom. The Morgan fingerprint density at radius 1 is 0.902 bits per heavy atom. The first-order valence-corrected chi connectivity index (χ1v) is 14.3. The normalized spacial score (nSPS) is 15.4. The van der Waals surface area contributed by atoms with Gasteiger partial charge >= 0.3 is 12.6 Å². The molecule has 0 unspecified atom stereocenters. The molecule has 0 N–H and O–H groups in total. The summed E-state index contributed by atoms with van der Waals surface area (Å²) in [4.78, 5) is 13.9. The van der Waals surface area contributed by atoms with Crippen molar-refractivity contribution in [3.05, 3.63) is 89.5 Å². The number of carbonyl (C=O) groups is 1. The third kappa shape index (κ3) is 8.00. The molecule has 3 aromatic rings. The summed E-state index contributed by atoms with van der Waals surface area (Å²) < 4.78 is 73.3. The first kappa shape index (κ1) is 30.4. The fourth-order valence-electron chi connectivity index (χ4n) is 4.48. The molecule has 1 aliphatic rings. The van der Waals surface area contributed by atoms with E-state index in [-0.39, 0.29) is 29.8 Å². The summed E-state index contributed by atoms with van der Waals surface area (Å²) in [6.07, 6.45) is -0.337. The molecule has 0 aromatic heterocycles. The number of nitrogens with zero attached hydrogens (tertiary/aromatic N) is 2. The van der Waals surface area contributed by atoms with Gasteiger partial charge in [0.25, 0.3) is 0 Å². The summed E-state index contributed by atoms with van der Waals surface area (Å²) in [6, 6.07) is 19.6. The van der Waals surface area contributed by atoms with Crippen LogP contribution in [0.2, 0.25) is 0 Å². The molecule has 1 aliphatic heterocycles. The van der Waals surface area contributed by atoms with Gasteiger partial charge in [0, 0.05) is 32.7 Å². The Morgan fingerprint density at radius 3 is 2.20 bits per heavy atom. The number of methoxy groups -OCH3 is 2. The molecule has 0 radical (unpaired) electrons. The van der Waals surface area contributed by atoms with Gasteiger partial charge in [-0.25, -0.2) is 13.2 Å². The van der Waals surface area contributed by atoms with Crippen LogP contribution in [0, 0.1) is 0 Å². The highest BCUT2D eigenvalue weighted by molar-refractivity contribution is 7.89. The van der Waals surface area contributed by atoms with E-state index in [0.717, 1.165) is 11.1 Å². The molecule has 0 bridgehead atoms. The molecule has 12 heteroatoms. The van der Waals surface area contributed by atoms with Crippen LogP contribution in [-0.4, -0.2) is 77.1 Å². The molecule has 41 heavy (non-hydrogen) atoms. The van der Waals surface area contributed by atoms with E-state index in [9.17, 15) is 22.0 Å². The zero-order valence-electron chi connectivity index (χ0n) is 22.7. The van der Waals surface area contributed by atoms with Crippen molar-refractivity contribution in [1.29, 1.82) is 0 Å². The topological polar surface area (TPSA) is 94.6 Å². The lowest BCUT2D eigenvalue weighted by molar-refractivity contribution is -0.0498. The van der Waals surface area contributed by atoms with Crippen molar-refractivity contribution in [3.63, 3.8) is 0 Å². The smallest absolute Gasteiger partial charge is 0.387 e. The third-order valence-corrected chi connectivity index (χ3v) is 8.65. The molecule has 9 nitrogen and oxygen atoms in total. The van der Waals surface area contributed by atoms with Gasteiger partial charge in [0.15, 0.2) is 0 Å².